The van der Waals surface area contributed by atoms with Crippen molar-refractivity contribution >= 4 is 98.5 Å². The zero-order valence-electron chi connectivity index (χ0n) is 75.4. The third-order valence-corrected chi connectivity index (χ3v) is 20.2. The van der Waals surface area contributed by atoms with E-state index in [-0.39, 0.29) is 71.1 Å². The number of rotatable bonds is 17. The molecule has 5 fully saturated rings. The van der Waals surface area contributed by atoms with Gasteiger partial charge in [0.05, 0.1) is 62.0 Å². The van der Waals surface area contributed by atoms with Crippen LogP contribution >= 0.6 is 11.6 Å². The smallest absolute Gasteiger partial charge is 0.338 e. The number of nitrogens with one attached hydrogen (secondary N) is 5. The Hall–Kier alpha value is -14.1. The summed E-state index contributed by atoms with van der Waals surface area (Å²) in [5, 5.41) is 30.9. The molecule has 32 heteroatoms. The number of nitriles is 1. The summed E-state index contributed by atoms with van der Waals surface area (Å²) in [5.41, 5.74) is 25.4. The van der Waals surface area contributed by atoms with E-state index >= 15 is 0 Å². The monoisotopic (exact) mass is 1810 g/mol. The average molecular weight is 1810 g/mol. The maximum absolute atomic E-state index is 12.5. The number of hydrogen-bond donors (Lipinski definition) is 9. The minimum absolute atomic E-state index is 0.0711. The van der Waals surface area contributed by atoms with Crippen LogP contribution in [0.3, 0.4) is 0 Å². The number of ether oxygens (including phenoxy) is 3. The Labute approximate surface area is 769 Å². The predicted molar refractivity (Wildman–Crippen MR) is 506 cm³/mol. The lowest BCUT2D eigenvalue weighted by molar-refractivity contribution is 0.00569. The van der Waals surface area contributed by atoms with Crippen molar-refractivity contribution in [2.45, 2.75) is 148 Å². The van der Waals surface area contributed by atoms with Gasteiger partial charge in [-0.15, -0.1) is 0 Å². The number of carbonyl (C=O) groups is 9. The number of nitrogen functional groups attached to an aromatic ring is 1. The molecule has 5 aliphatic rings. The minimum Gasteiger partial charge on any atom is -0.478 e. The van der Waals surface area contributed by atoms with Gasteiger partial charge in [-0.1, -0.05) is 12.1 Å². The Kier molecular flexibility index (Phi) is 39.5. The highest BCUT2D eigenvalue weighted by Crippen LogP contribution is 2.28. The number of aromatic nitrogens is 4. The SMILES string of the molecule is CC#N.CC(C)(C)OC(=O)c1ccc(F)cc1.CC(C)(C)OC(=O)c1ccc(N2CC[C@H](N)C2)cc1.CC(C)(C)OC(=O)c1ccc(N2CC[C@H](NC(=O)c3cccnc3)C2)cc1.N[C@H]1CCNC1.Nc1ccccc1NC(=O)c1ccc(N2CC[C@H](NC(=O)c3cccnc3)C2)cc1.O=C(Cl)c1cccnc1.O=C(O)c1ccc(N2CC[C@H](NC(=O)c3cccnc3)C2)cc1. The molecule has 0 saturated carbocycles. The van der Waals surface area contributed by atoms with E-state index < -0.39 is 34.0 Å². The molecule has 5 atom stereocenters. The molecule has 0 bridgehead atoms. The van der Waals surface area contributed by atoms with Gasteiger partial charge >= 0.3 is 23.9 Å². The largest absolute Gasteiger partial charge is 0.478 e. The summed E-state index contributed by atoms with van der Waals surface area (Å²) in [6, 6.07) is 58.1. The number of anilines is 6. The number of nitrogens with two attached hydrogens (primary N) is 3. The molecule has 690 valence electrons. The average Bonchev–Trinajstić information content (AvgIpc) is 1.73. The van der Waals surface area contributed by atoms with Crippen molar-refractivity contribution in [1.29, 1.82) is 5.26 Å². The van der Waals surface area contributed by atoms with Crippen LogP contribution in [0.5, 0.6) is 0 Å². The maximum atomic E-state index is 12.5. The van der Waals surface area contributed by atoms with E-state index in [2.05, 4.69) is 66.1 Å². The molecule has 4 aromatic heterocycles. The van der Waals surface area contributed by atoms with Crippen molar-refractivity contribution < 1.29 is 66.9 Å². The van der Waals surface area contributed by atoms with Crippen LogP contribution in [0.1, 0.15) is 195 Å². The van der Waals surface area contributed by atoms with E-state index in [1.165, 1.54) is 37.4 Å². The molecule has 12 N–H and O–H groups in total. The first kappa shape index (κ1) is 102. The summed E-state index contributed by atoms with van der Waals surface area (Å²) in [4.78, 5) is 130. The van der Waals surface area contributed by atoms with Gasteiger partial charge < -0.3 is 82.7 Å². The fourth-order valence-electron chi connectivity index (χ4n) is 13.5. The van der Waals surface area contributed by atoms with E-state index in [9.17, 15) is 47.5 Å². The molecule has 6 aromatic carbocycles. The molecule has 0 unspecified atom stereocenters. The number of halogens is 2. The number of nitrogens with zero attached hydrogens (tertiary/aromatic N) is 9. The summed E-state index contributed by atoms with van der Waals surface area (Å²) in [7, 11) is 0. The van der Waals surface area contributed by atoms with Gasteiger partial charge in [-0.3, -0.25) is 43.9 Å². The van der Waals surface area contributed by atoms with Crippen molar-refractivity contribution in [3.8, 4) is 6.07 Å². The van der Waals surface area contributed by atoms with Crippen LogP contribution in [0.2, 0.25) is 0 Å². The van der Waals surface area contributed by atoms with Gasteiger partial charge in [-0.05, 0) is 295 Å². The summed E-state index contributed by atoms with van der Waals surface area (Å²) in [6.07, 6.45) is 17.4. The number of hydrogen-bond acceptors (Lipinski definition) is 25. The number of amides is 4. The molecular weight excluding hydrogens is 1690 g/mol. The van der Waals surface area contributed by atoms with Crippen LogP contribution in [0.15, 0.2) is 244 Å². The molecule has 15 rings (SSSR count). The second-order valence-corrected chi connectivity index (χ2v) is 34.3. The number of aromatic carboxylic acids is 1. The normalized spacial score (nSPS) is 16.3. The maximum Gasteiger partial charge on any atom is 0.338 e. The molecule has 0 aliphatic carbocycles. The van der Waals surface area contributed by atoms with Gasteiger partial charge in [0.15, 0.2) is 0 Å². The van der Waals surface area contributed by atoms with E-state index in [1.807, 2.05) is 102 Å². The Bertz CT molecular complexity index is 5360. The molecule has 0 spiro atoms. The van der Waals surface area contributed by atoms with Crippen LogP contribution in [0.4, 0.5) is 38.5 Å². The van der Waals surface area contributed by atoms with Gasteiger partial charge in [0.25, 0.3) is 28.9 Å². The molecule has 9 heterocycles. The van der Waals surface area contributed by atoms with Crippen LogP contribution in [-0.4, -0.2) is 190 Å². The number of carboxylic acid groups (broad SMARTS) is 1. The molecule has 5 saturated heterocycles. The van der Waals surface area contributed by atoms with Gasteiger partial charge in [-0.25, -0.2) is 23.6 Å². The fourth-order valence-corrected chi connectivity index (χ4v) is 13.6. The lowest BCUT2D eigenvalue weighted by atomic mass is 10.1. The highest BCUT2D eigenvalue weighted by molar-refractivity contribution is 6.67. The Morgan fingerprint density at radius 2 is 0.748 bits per heavy atom. The second kappa shape index (κ2) is 50.6. The second-order valence-electron chi connectivity index (χ2n) is 34.0. The number of benzene rings is 6. The fraction of sp³-hybridized carbons (Fsp3) is 0.333. The standard InChI is InChI=1S/C23H23N5O2.C21H25N3O3.C17H17N3O3.C15H22N2O2.C11H13FO2.C6H4ClNO.C4H10N2.C2H3N/c24-20-5-1-2-6-21(20)27-22(29)16-7-9-19(10-8-16)28-13-11-18(15-28)26-23(30)17-4-3-12-25-14-17;1-21(2,3)27-20(26)15-6-8-18(9-7-15)24-12-10-17(14-24)23-19(25)16-5-4-11-22-13-16;21-16(13-2-1-8-18-10-13)19-14-7-9-20(11-14)15-5-3-12(4-6-15)17(22)23;1-15(2,3)19-14(18)11-4-6-13(7-5-11)17-9-8-12(16)10-17;1-11(2,3)14-10(13)8-4-6-9(12)7-5-8;7-6(9)5-2-1-3-8-4-5;5-4-1-2-6-3-4;1-2-3/h1-10,12,14,18H,11,13,15,24H2,(H,26,30)(H,27,29);4-9,11,13,17H,10,12,14H2,1-3H3,(H,23,25);1-6,8,10,14H,7,9,11H2,(H,19,21)(H,22,23);4-7,12H,8-10,16H2,1-3H3;4-7H,1-3H3;1-4H;4,6H,1-3,5H2;1H3/t18-;17-;14-;12-;;;4-;/m0000..0./s1. The quantitative estimate of drug-likeness (QED) is 0.0177. The number of para-hydroxylation sites is 2. The Morgan fingerprint density at radius 3 is 1.02 bits per heavy atom. The first-order chi connectivity index (χ1) is 62.4. The van der Waals surface area contributed by atoms with Crippen molar-refractivity contribution in [2.75, 3.05) is 96.1 Å². The highest BCUT2D eigenvalue weighted by Gasteiger charge is 2.30. The summed E-state index contributed by atoms with van der Waals surface area (Å²) >= 11 is 5.12. The number of pyridine rings is 4. The van der Waals surface area contributed by atoms with E-state index in [1.54, 1.807) is 179 Å². The third kappa shape index (κ3) is 35.8. The topological polar surface area (TPSA) is 428 Å². The summed E-state index contributed by atoms with van der Waals surface area (Å²) < 4.78 is 28.4. The van der Waals surface area contributed by atoms with Crippen LogP contribution in [0, 0.1) is 17.1 Å². The molecule has 4 amide bonds. The van der Waals surface area contributed by atoms with E-state index in [4.69, 9.17) is 53.4 Å². The van der Waals surface area contributed by atoms with Gasteiger partial charge in [-0.2, -0.15) is 5.26 Å². The Morgan fingerprint density at radius 1 is 0.427 bits per heavy atom. The minimum atomic E-state index is -0.931. The Balaban J connectivity index is 0.000000195. The van der Waals surface area contributed by atoms with E-state index in [0.29, 0.717) is 68.5 Å². The molecule has 30 nitrogen and oxygen atoms in total. The first-order valence-corrected chi connectivity index (χ1v) is 43.3. The van der Waals surface area contributed by atoms with Crippen molar-refractivity contribution in [3.05, 3.63) is 300 Å². The van der Waals surface area contributed by atoms with Gasteiger partial charge in [0, 0.05) is 174 Å². The third-order valence-electron chi connectivity index (χ3n) is 19.9. The lowest BCUT2D eigenvalue weighted by Crippen LogP contribution is -2.37. The van der Waals surface area contributed by atoms with Crippen molar-refractivity contribution in [3.63, 3.8) is 0 Å². The zero-order valence-corrected chi connectivity index (χ0v) is 76.2. The number of esters is 3. The van der Waals surface area contributed by atoms with E-state index in [0.717, 1.165) is 114 Å². The van der Waals surface area contributed by atoms with Gasteiger partial charge in [0.2, 0.25) is 0 Å². The number of carboxylic acids is 1. The molecule has 131 heavy (non-hydrogen) atoms. The molecule has 5 aliphatic heterocycles. The van der Waals surface area contributed by atoms with Crippen molar-refractivity contribution in [2.24, 2.45) is 11.5 Å². The molecule has 10 aromatic rings. The number of carbonyl (C=O) groups excluding carboxylic acids is 8. The van der Waals surface area contributed by atoms with Crippen molar-refractivity contribution in [1.82, 2.24) is 41.2 Å². The lowest BCUT2D eigenvalue weighted by Gasteiger charge is -2.21. The van der Waals surface area contributed by atoms with Crippen LogP contribution in [0.25, 0.3) is 0 Å². The van der Waals surface area contributed by atoms with Crippen LogP contribution in [-0.2, 0) is 14.2 Å². The van der Waals surface area contributed by atoms with Gasteiger partial charge in [0.1, 0.15) is 22.6 Å². The zero-order chi connectivity index (χ0) is 95.2. The van der Waals surface area contributed by atoms with Crippen LogP contribution < -0.4 is 63.4 Å². The molecule has 0 radical (unpaired) electrons. The predicted octanol–water partition coefficient (Wildman–Crippen LogP) is 14.0. The summed E-state index contributed by atoms with van der Waals surface area (Å²) in [6.45, 7) is 26.6. The summed E-state index contributed by atoms with van der Waals surface area (Å²) in [5.74, 6) is -2.87. The first-order valence-electron chi connectivity index (χ1n) is 42.9. The molecular formula is C99H117ClFN17O13. The highest BCUT2D eigenvalue weighted by atomic mass is 35.5.